The van der Waals surface area contributed by atoms with Gasteiger partial charge in [0, 0.05) is 9.13 Å². The Labute approximate surface area is 126 Å². The highest BCUT2D eigenvalue weighted by molar-refractivity contribution is 14.1. The van der Waals surface area contributed by atoms with E-state index in [1.807, 2.05) is 49.4 Å². The molecule has 0 bridgehead atoms. The van der Waals surface area contributed by atoms with E-state index < -0.39 is 0 Å². The van der Waals surface area contributed by atoms with Gasteiger partial charge in [0.15, 0.2) is 0 Å². The summed E-state index contributed by atoms with van der Waals surface area (Å²) in [5, 5.41) is 2.87. The van der Waals surface area contributed by atoms with Crippen LogP contribution in [0.4, 0.5) is 5.69 Å². The Balaban J connectivity index is 2.19. The molecule has 2 rings (SSSR count). The largest absolute Gasteiger partial charge is 0.492 e. The molecule has 0 saturated heterocycles. The number of nitrogens with one attached hydrogen (secondary N) is 1. The minimum absolute atomic E-state index is 0.134. The monoisotopic (exact) mass is 367 g/mol. The van der Waals surface area contributed by atoms with Gasteiger partial charge in [0.05, 0.1) is 12.3 Å². The van der Waals surface area contributed by atoms with Gasteiger partial charge in [-0.25, -0.2) is 0 Å². The normalized spacial score (nSPS) is 10.0. The lowest BCUT2D eigenvalue weighted by molar-refractivity contribution is 0.102. The average molecular weight is 367 g/mol. The molecule has 0 aromatic heterocycles. The lowest BCUT2D eigenvalue weighted by Gasteiger charge is -2.11. The number of halogens is 1. The van der Waals surface area contributed by atoms with Crippen molar-refractivity contribution in [1.82, 2.24) is 0 Å². The zero-order valence-electron chi connectivity index (χ0n) is 10.5. The van der Waals surface area contributed by atoms with Gasteiger partial charge in [-0.1, -0.05) is 18.2 Å². The molecule has 3 nitrogen and oxygen atoms in total. The van der Waals surface area contributed by atoms with E-state index >= 15 is 0 Å². The summed E-state index contributed by atoms with van der Waals surface area (Å²) in [6, 6.07) is 14.9. The highest BCUT2D eigenvalue weighted by atomic mass is 127. The Morgan fingerprint density at radius 3 is 2.74 bits per heavy atom. The SMILES string of the molecule is CCOc1ccccc1NC(=O)c1cccc(I)c1. The van der Waals surface area contributed by atoms with Gasteiger partial charge < -0.3 is 10.1 Å². The van der Waals surface area contributed by atoms with E-state index in [9.17, 15) is 4.79 Å². The van der Waals surface area contributed by atoms with Gasteiger partial charge in [-0.15, -0.1) is 0 Å². The minimum Gasteiger partial charge on any atom is -0.492 e. The average Bonchev–Trinajstić information content (AvgIpc) is 2.41. The fourth-order valence-electron chi connectivity index (χ4n) is 1.68. The zero-order chi connectivity index (χ0) is 13.7. The predicted octanol–water partition coefficient (Wildman–Crippen LogP) is 3.94. The summed E-state index contributed by atoms with van der Waals surface area (Å²) in [6.45, 7) is 2.48. The van der Waals surface area contributed by atoms with E-state index in [2.05, 4.69) is 27.9 Å². The number of ether oxygens (including phenoxy) is 1. The fourth-order valence-corrected chi connectivity index (χ4v) is 2.22. The molecule has 98 valence electrons. The second-order valence-corrected chi connectivity index (χ2v) is 5.14. The highest BCUT2D eigenvalue weighted by Gasteiger charge is 2.09. The van der Waals surface area contributed by atoms with Gasteiger partial charge in [0.25, 0.3) is 5.91 Å². The molecule has 0 aliphatic rings. The first-order valence-electron chi connectivity index (χ1n) is 5.99. The molecule has 2 aromatic rings. The van der Waals surface area contributed by atoms with Crippen molar-refractivity contribution in [3.8, 4) is 5.75 Å². The van der Waals surface area contributed by atoms with Gasteiger partial charge in [0.2, 0.25) is 0 Å². The van der Waals surface area contributed by atoms with Gasteiger partial charge in [-0.05, 0) is 59.8 Å². The van der Waals surface area contributed by atoms with E-state index in [0.717, 1.165) is 3.57 Å². The van der Waals surface area contributed by atoms with E-state index in [4.69, 9.17) is 4.74 Å². The topological polar surface area (TPSA) is 38.3 Å². The number of rotatable bonds is 4. The summed E-state index contributed by atoms with van der Waals surface area (Å²) in [4.78, 5) is 12.2. The third kappa shape index (κ3) is 3.70. The van der Waals surface area contributed by atoms with Crippen molar-refractivity contribution >= 4 is 34.2 Å². The summed E-state index contributed by atoms with van der Waals surface area (Å²) in [5.74, 6) is 0.551. The van der Waals surface area contributed by atoms with E-state index in [0.29, 0.717) is 23.6 Å². The molecule has 0 heterocycles. The molecule has 19 heavy (non-hydrogen) atoms. The van der Waals surface area contributed by atoms with Crippen molar-refractivity contribution in [2.24, 2.45) is 0 Å². The first-order chi connectivity index (χ1) is 9.20. The smallest absolute Gasteiger partial charge is 0.255 e. The molecule has 0 aliphatic carbocycles. The van der Waals surface area contributed by atoms with Crippen LogP contribution < -0.4 is 10.1 Å². The fraction of sp³-hybridized carbons (Fsp3) is 0.133. The molecule has 0 radical (unpaired) electrons. The van der Waals surface area contributed by atoms with Crippen LogP contribution in [0.15, 0.2) is 48.5 Å². The van der Waals surface area contributed by atoms with E-state index in [1.54, 1.807) is 6.07 Å². The summed E-state index contributed by atoms with van der Waals surface area (Å²) >= 11 is 2.19. The molecular weight excluding hydrogens is 353 g/mol. The number of para-hydroxylation sites is 2. The maximum absolute atomic E-state index is 12.2. The standard InChI is InChI=1S/C15H14INO2/c1-2-19-14-9-4-3-8-13(14)17-15(18)11-6-5-7-12(16)10-11/h3-10H,2H2,1H3,(H,17,18). The van der Waals surface area contributed by atoms with E-state index in [-0.39, 0.29) is 5.91 Å². The Morgan fingerprint density at radius 1 is 1.21 bits per heavy atom. The second kappa shape index (κ2) is 6.56. The third-order valence-corrected chi connectivity index (χ3v) is 3.19. The maximum atomic E-state index is 12.2. The molecular formula is C15H14INO2. The number of benzene rings is 2. The minimum atomic E-state index is -0.134. The number of carbonyl (C=O) groups is 1. The van der Waals surface area contributed by atoms with Crippen LogP contribution in [0.25, 0.3) is 0 Å². The number of hydrogen-bond acceptors (Lipinski definition) is 2. The number of anilines is 1. The molecule has 4 heteroatoms. The second-order valence-electron chi connectivity index (χ2n) is 3.89. The van der Waals surface area contributed by atoms with Crippen molar-refractivity contribution < 1.29 is 9.53 Å². The molecule has 0 aliphatic heterocycles. The number of amides is 1. The van der Waals surface area contributed by atoms with Crippen molar-refractivity contribution in [1.29, 1.82) is 0 Å². The van der Waals surface area contributed by atoms with Crippen LogP contribution in [0.5, 0.6) is 5.75 Å². The molecule has 0 unspecified atom stereocenters. The summed E-state index contributed by atoms with van der Waals surface area (Å²) < 4.78 is 6.51. The van der Waals surface area contributed by atoms with Crippen LogP contribution >= 0.6 is 22.6 Å². The Morgan fingerprint density at radius 2 is 2.00 bits per heavy atom. The van der Waals surface area contributed by atoms with Crippen molar-refractivity contribution in [3.63, 3.8) is 0 Å². The zero-order valence-corrected chi connectivity index (χ0v) is 12.7. The van der Waals surface area contributed by atoms with Crippen LogP contribution in [0.1, 0.15) is 17.3 Å². The molecule has 0 saturated carbocycles. The van der Waals surface area contributed by atoms with Crippen LogP contribution in [0, 0.1) is 3.57 Å². The summed E-state index contributed by atoms with van der Waals surface area (Å²) in [7, 11) is 0. The molecule has 0 spiro atoms. The van der Waals surface area contributed by atoms with Crippen molar-refractivity contribution in [2.75, 3.05) is 11.9 Å². The van der Waals surface area contributed by atoms with E-state index in [1.165, 1.54) is 0 Å². The highest BCUT2D eigenvalue weighted by Crippen LogP contribution is 2.24. The van der Waals surface area contributed by atoms with Crippen LogP contribution in [0.3, 0.4) is 0 Å². The predicted molar refractivity (Wildman–Crippen MR) is 84.7 cm³/mol. The van der Waals surface area contributed by atoms with Crippen molar-refractivity contribution in [2.45, 2.75) is 6.92 Å². The lowest BCUT2D eigenvalue weighted by atomic mass is 10.2. The van der Waals surface area contributed by atoms with Crippen molar-refractivity contribution in [3.05, 3.63) is 57.7 Å². The van der Waals surface area contributed by atoms with Gasteiger partial charge in [-0.3, -0.25) is 4.79 Å². The third-order valence-electron chi connectivity index (χ3n) is 2.52. The van der Waals surface area contributed by atoms with Gasteiger partial charge >= 0.3 is 0 Å². The number of hydrogen-bond donors (Lipinski definition) is 1. The molecule has 2 aromatic carbocycles. The quantitative estimate of drug-likeness (QED) is 0.832. The summed E-state index contributed by atoms with van der Waals surface area (Å²) in [6.07, 6.45) is 0. The first-order valence-corrected chi connectivity index (χ1v) is 7.07. The Bertz CT molecular complexity index is 584. The maximum Gasteiger partial charge on any atom is 0.255 e. The first kappa shape index (κ1) is 13.9. The number of carbonyl (C=O) groups excluding carboxylic acids is 1. The molecule has 1 amide bonds. The van der Waals surface area contributed by atoms with Crippen LogP contribution in [0.2, 0.25) is 0 Å². The van der Waals surface area contributed by atoms with Gasteiger partial charge in [-0.2, -0.15) is 0 Å². The van der Waals surface area contributed by atoms with Gasteiger partial charge in [0.1, 0.15) is 5.75 Å². The molecule has 0 fully saturated rings. The Hall–Kier alpha value is -1.56. The Kier molecular flexibility index (Phi) is 4.79. The summed E-state index contributed by atoms with van der Waals surface area (Å²) in [5.41, 5.74) is 1.33. The molecule has 0 atom stereocenters. The molecule has 1 N–H and O–H groups in total. The van der Waals surface area contributed by atoms with Crippen LogP contribution in [-0.4, -0.2) is 12.5 Å². The van der Waals surface area contributed by atoms with Crippen LogP contribution in [-0.2, 0) is 0 Å². The lowest BCUT2D eigenvalue weighted by Crippen LogP contribution is -2.13.